The molecule has 3 rings (SSSR count). The summed E-state index contributed by atoms with van der Waals surface area (Å²) in [4.78, 5) is 0. The lowest BCUT2D eigenvalue weighted by Gasteiger charge is -2.33. The highest BCUT2D eigenvalue weighted by Crippen LogP contribution is 2.29. The van der Waals surface area contributed by atoms with Crippen LogP contribution in [0, 0.1) is 0 Å². The van der Waals surface area contributed by atoms with Crippen LogP contribution < -0.4 is 5.32 Å². The van der Waals surface area contributed by atoms with Crippen LogP contribution in [0.4, 0.5) is 0 Å². The van der Waals surface area contributed by atoms with Gasteiger partial charge in [0.05, 0.1) is 0 Å². The molecule has 1 aliphatic rings. The quantitative estimate of drug-likeness (QED) is 0.875. The fourth-order valence-electron chi connectivity index (χ4n) is 3.13. The molecule has 19 heavy (non-hydrogen) atoms. The fourth-order valence-corrected chi connectivity index (χ4v) is 3.13. The van der Waals surface area contributed by atoms with Crippen molar-refractivity contribution in [2.24, 2.45) is 0 Å². The lowest BCUT2D eigenvalue weighted by atomic mass is 9.82. The van der Waals surface area contributed by atoms with Crippen molar-refractivity contribution in [3.05, 3.63) is 71.8 Å². The molecule has 1 nitrogen and oxygen atoms in total. The van der Waals surface area contributed by atoms with E-state index in [1.165, 1.54) is 24.0 Å². The summed E-state index contributed by atoms with van der Waals surface area (Å²) in [6.45, 7) is 1.15. The van der Waals surface area contributed by atoms with E-state index in [9.17, 15) is 0 Å². The van der Waals surface area contributed by atoms with Gasteiger partial charge in [-0.3, -0.25) is 0 Å². The predicted molar refractivity (Wildman–Crippen MR) is 80.4 cm³/mol. The largest absolute Gasteiger partial charge is 0.313 e. The highest BCUT2D eigenvalue weighted by molar-refractivity contribution is 5.24. The van der Waals surface area contributed by atoms with Crippen molar-refractivity contribution in [3.8, 4) is 0 Å². The Labute approximate surface area is 115 Å². The number of hydrogen-bond donors (Lipinski definition) is 1. The Morgan fingerprint density at radius 1 is 0.895 bits per heavy atom. The van der Waals surface area contributed by atoms with Gasteiger partial charge in [0.15, 0.2) is 0 Å². The SMILES string of the molecule is c1ccc(CC2NCCCC2c2ccccc2)cc1. The lowest BCUT2D eigenvalue weighted by Crippen LogP contribution is -2.41. The van der Waals surface area contributed by atoms with Crippen molar-refractivity contribution in [2.45, 2.75) is 31.2 Å². The van der Waals surface area contributed by atoms with Crippen LogP contribution in [0.1, 0.15) is 29.9 Å². The summed E-state index contributed by atoms with van der Waals surface area (Å²) in [6.07, 6.45) is 3.71. The van der Waals surface area contributed by atoms with E-state index < -0.39 is 0 Å². The van der Waals surface area contributed by atoms with Gasteiger partial charge in [-0.15, -0.1) is 0 Å². The molecular weight excluding hydrogens is 230 g/mol. The zero-order valence-electron chi connectivity index (χ0n) is 11.3. The molecule has 98 valence electrons. The zero-order chi connectivity index (χ0) is 12.9. The first kappa shape index (κ1) is 12.4. The Morgan fingerprint density at radius 2 is 1.58 bits per heavy atom. The maximum atomic E-state index is 3.72. The first-order chi connectivity index (χ1) is 9.43. The monoisotopic (exact) mass is 251 g/mol. The van der Waals surface area contributed by atoms with Crippen molar-refractivity contribution in [3.63, 3.8) is 0 Å². The Kier molecular flexibility index (Phi) is 3.95. The number of hydrogen-bond acceptors (Lipinski definition) is 1. The predicted octanol–water partition coefficient (Wildman–Crippen LogP) is 3.76. The van der Waals surface area contributed by atoms with Crippen LogP contribution in [-0.2, 0) is 6.42 Å². The topological polar surface area (TPSA) is 12.0 Å². The van der Waals surface area contributed by atoms with E-state index in [1.807, 2.05) is 0 Å². The third-order valence-electron chi connectivity index (χ3n) is 4.11. The summed E-state index contributed by atoms with van der Waals surface area (Å²) < 4.78 is 0. The van der Waals surface area contributed by atoms with E-state index in [0.717, 1.165) is 13.0 Å². The van der Waals surface area contributed by atoms with Crippen molar-refractivity contribution in [1.82, 2.24) is 5.32 Å². The molecule has 1 saturated heterocycles. The third kappa shape index (κ3) is 3.05. The van der Waals surface area contributed by atoms with Gasteiger partial charge in [0.1, 0.15) is 0 Å². The Morgan fingerprint density at radius 3 is 2.32 bits per heavy atom. The second-order valence-corrected chi connectivity index (χ2v) is 5.41. The smallest absolute Gasteiger partial charge is 0.0176 e. The van der Waals surface area contributed by atoms with Gasteiger partial charge < -0.3 is 5.32 Å². The molecule has 1 aliphatic heterocycles. The van der Waals surface area contributed by atoms with Gasteiger partial charge in [-0.25, -0.2) is 0 Å². The molecule has 2 unspecified atom stereocenters. The number of benzene rings is 2. The van der Waals surface area contributed by atoms with Crippen LogP contribution in [0.15, 0.2) is 60.7 Å². The molecule has 2 aromatic carbocycles. The van der Waals surface area contributed by atoms with Crippen LogP contribution in [0.2, 0.25) is 0 Å². The average molecular weight is 251 g/mol. The minimum absolute atomic E-state index is 0.568. The van der Waals surface area contributed by atoms with Crippen LogP contribution >= 0.6 is 0 Å². The molecule has 1 N–H and O–H groups in total. The number of piperidine rings is 1. The second-order valence-electron chi connectivity index (χ2n) is 5.41. The standard InChI is InChI=1S/C18H21N/c1-3-8-15(9-4-1)14-18-17(12-7-13-19-18)16-10-5-2-6-11-16/h1-6,8-11,17-19H,7,12-14H2. The van der Waals surface area contributed by atoms with Gasteiger partial charge in [-0.05, 0) is 42.9 Å². The van der Waals surface area contributed by atoms with E-state index in [-0.39, 0.29) is 0 Å². The Hall–Kier alpha value is -1.60. The summed E-state index contributed by atoms with van der Waals surface area (Å²) in [6, 6.07) is 22.4. The molecule has 1 heteroatoms. The van der Waals surface area contributed by atoms with E-state index in [1.54, 1.807) is 0 Å². The molecule has 0 amide bonds. The summed E-state index contributed by atoms with van der Waals surface area (Å²) >= 11 is 0. The second kappa shape index (κ2) is 6.03. The summed E-state index contributed by atoms with van der Waals surface area (Å²) in [7, 11) is 0. The third-order valence-corrected chi connectivity index (χ3v) is 4.11. The van der Waals surface area contributed by atoms with E-state index in [0.29, 0.717) is 12.0 Å². The zero-order valence-corrected chi connectivity index (χ0v) is 11.3. The Balaban J connectivity index is 1.78. The molecule has 2 atom stereocenters. The van der Waals surface area contributed by atoms with Gasteiger partial charge in [-0.1, -0.05) is 60.7 Å². The number of rotatable bonds is 3. The molecule has 0 radical (unpaired) electrons. The van der Waals surface area contributed by atoms with Gasteiger partial charge in [0.2, 0.25) is 0 Å². The van der Waals surface area contributed by atoms with Gasteiger partial charge in [0.25, 0.3) is 0 Å². The minimum Gasteiger partial charge on any atom is -0.313 e. The molecule has 0 aromatic heterocycles. The van der Waals surface area contributed by atoms with Gasteiger partial charge in [-0.2, -0.15) is 0 Å². The lowest BCUT2D eigenvalue weighted by molar-refractivity contribution is 0.348. The van der Waals surface area contributed by atoms with E-state index in [2.05, 4.69) is 66.0 Å². The van der Waals surface area contributed by atoms with Crippen LogP contribution in [-0.4, -0.2) is 12.6 Å². The molecule has 1 fully saturated rings. The molecule has 0 spiro atoms. The Bertz CT molecular complexity index is 492. The summed E-state index contributed by atoms with van der Waals surface area (Å²) in [5, 5.41) is 3.72. The van der Waals surface area contributed by atoms with Gasteiger partial charge in [0, 0.05) is 6.04 Å². The molecule has 2 aromatic rings. The highest BCUT2D eigenvalue weighted by Gasteiger charge is 2.25. The van der Waals surface area contributed by atoms with Crippen molar-refractivity contribution >= 4 is 0 Å². The van der Waals surface area contributed by atoms with Crippen LogP contribution in [0.25, 0.3) is 0 Å². The normalized spacial score (nSPS) is 23.2. The average Bonchev–Trinajstić information content (AvgIpc) is 2.50. The highest BCUT2D eigenvalue weighted by atomic mass is 14.9. The van der Waals surface area contributed by atoms with Crippen molar-refractivity contribution in [1.29, 1.82) is 0 Å². The maximum Gasteiger partial charge on any atom is 0.0176 e. The van der Waals surface area contributed by atoms with Crippen molar-refractivity contribution in [2.75, 3.05) is 6.54 Å². The maximum absolute atomic E-state index is 3.72. The van der Waals surface area contributed by atoms with Crippen molar-refractivity contribution < 1.29 is 0 Å². The first-order valence-corrected chi connectivity index (χ1v) is 7.26. The minimum atomic E-state index is 0.568. The first-order valence-electron chi connectivity index (χ1n) is 7.26. The molecule has 0 aliphatic carbocycles. The van der Waals surface area contributed by atoms with E-state index in [4.69, 9.17) is 0 Å². The fraction of sp³-hybridized carbons (Fsp3) is 0.333. The summed E-state index contributed by atoms with van der Waals surface area (Å²) in [5.41, 5.74) is 2.92. The van der Waals surface area contributed by atoms with Crippen LogP contribution in [0.5, 0.6) is 0 Å². The summed E-state index contributed by atoms with van der Waals surface area (Å²) in [5.74, 6) is 0.648. The molecule has 1 heterocycles. The molecule has 0 saturated carbocycles. The molecule has 0 bridgehead atoms. The number of nitrogens with one attached hydrogen (secondary N) is 1. The van der Waals surface area contributed by atoms with Gasteiger partial charge >= 0.3 is 0 Å². The van der Waals surface area contributed by atoms with E-state index >= 15 is 0 Å². The van der Waals surface area contributed by atoms with Crippen LogP contribution in [0.3, 0.4) is 0 Å². The molecular formula is C18H21N.